The van der Waals surface area contributed by atoms with Gasteiger partial charge in [-0.15, -0.1) is 11.3 Å². The van der Waals surface area contributed by atoms with Gasteiger partial charge >= 0.3 is 0 Å². The summed E-state index contributed by atoms with van der Waals surface area (Å²) < 4.78 is 26.8. The summed E-state index contributed by atoms with van der Waals surface area (Å²) in [6, 6.07) is 3.57. The summed E-state index contributed by atoms with van der Waals surface area (Å²) in [5.41, 5.74) is 0. The predicted molar refractivity (Wildman–Crippen MR) is 92.0 cm³/mol. The summed E-state index contributed by atoms with van der Waals surface area (Å²) >= 11 is 1.24. The first-order valence-electron chi connectivity index (χ1n) is 7.99. The number of amides is 1. The molecule has 8 heteroatoms. The lowest BCUT2D eigenvalue weighted by atomic mass is 10.2. The molecule has 1 amide bonds. The fraction of sp³-hybridized carbons (Fsp3) is 0.667. The molecule has 1 fully saturated rings. The molecule has 1 aliphatic heterocycles. The molecular weight excluding hydrogens is 334 g/mol. The van der Waals surface area contributed by atoms with E-state index in [1.165, 1.54) is 15.6 Å². The van der Waals surface area contributed by atoms with E-state index in [2.05, 4.69) is 12.2 Å². The summed E-state index contributed by atoms with van der Waals surface area (Å²) in [4.78, 5) is 14.0. The Morgan fingerprint density at radius 3 is 2.61 bits per heavy atom. The van der Waals surface area contributed by atoms with E-state index >= 15 is 0 Å². The molecule has 1 N–H and O–H groups in total. The zero-order valence-corrected chi connectivity index (χ0v) is 15.3. The lowest BCUT2D eigenvalue weighted by Gasteiger charge is -2.33. The highest BCUT2D eigenvalue weighted by atomic mass is 32.2. The molecule has 0 saturated carbocycles. The molecule has 0 radical (unpaired) electrons. The topological polar surface area (TPSA) is 69.7 Å². The predicted octanol–water partition coefficient (Wildman–Crippen LogP) is 1.36. The quantitative estimate of drug-likeness (QED) is 0.798. The van der Waals surface area contributed by atoms with Crippen molar-refractivity contribution in [1.29, 1.82) is 0 Å². The minimum Gasteiger partial charge on any atom is -0.353 e. The number of hydrogen-bond acceptors (Lipinski definition) is 5. The lowest BCUT2D eigenvalue weighted by molar-refractivity contribution is -0.123. The molecule has 0 unspecified atom stereocenters. The number of thiophene rings is 1. The summed E-state index contributed by atoms with van der Waals surface area (Å²) in [6.45, 7) is 6.46. The number of hydrogen-bond donors (Lipinski definition) is 1. The second kappa shape index (κ2) is 8.23. The molecule has 130 valence electrons. The molecule has 0 spiro atoms. The third kappa shape index (κ3) is 5.00. The lowest BCUT2D eigenvalue weighted by Crippen LogP contribution is -2.51. The van der Waals surface area contributed by atoms with Crippen LogP contribution in [0.4, 0.5) is 0 Å². The number of carbonyl (C=O) groups excluding carboxylic acids is 1. The zero-order valence-electron chi connectivity index (χ0n) is 13.7. The van der Waals surface area contributed by atoms with Gasteiger partial charge in [0, 0.05) is 32.2 Å². The smallest absolute Gasteiger partial charge is 0.252 e. The Labute approximate surface area is 142 Å². The van der Waals surface area contributed by atoms with Crippen LogP contribution in [-0.2, 0) is 14.8 Å². The van der Waals surface area contributed by atoms with Gasteiger partial charge in [0.05, 0.1) is 6.54 Å². The zero-order chi connectivity index (χ0) is 16.9. The van der Waals surface area contributed by atoms with Gasteiger partial charge in [-0.2, -0.15) is 4.31 Å². The van der Waals surface area contributed by atoms with Gasteiger partial charge in [-0.1, -0.05) is 19.4 Å². The minimum absolute atomic E-state index is 0.0144. The number of sulfonamides is 1. The average Bonchev–Trinajstić information content (AvgIpc) is 3.02. The number of nitrogens with zero attached hydrogens (tertiary/aromatic N) is 2. The van der Waals surface area contributed by atoms with Crippen molar-refractivity contribution in [1.82, 2.24) is 14.5 Å². The molecule has 1 atom stereocenters. The van der Waals surface area contributed by atoms with E-state index < -0.39 is 10.0 Å². The molecule has 23 heavy (non-hydrogen) atoms. The Kier molecular flexibility index (Phi) is 6.58. The van der Waals surface area contributed by atoms with Crippen molar-refractivity contribution in [2.45, 2.75) is 36.9 Å². The van der Waals surface area contributed by atoms with E-state index in [0.717, 1.165) is 12.8 Å². The van der Waals surface area contributed by atoms with Gasteiger partial charge in [0.25, 0.3) is 10.0 Å². The van der Waals surface area contributed by atoms with Crippen molar-refractivity contribution in [2.75, 3.05) is 32.7 Å². The normalized spacial score (nSPS) is 18.7. The van der Waals surface area contributed by atoms with Gasteiger partial charge in [-0.25, -0.2) is 8.42 Å². The van der Waals surface area contributed by atoms with E-state index in [-0.39, 0.29) is 11.9 Å². The minimum atomic E-state index is -3.37. The highest BCUT2D eigenvalue weighted by Crippen LogP contribution is 2.21. The van der Waals surface area contributed by atoms with E-state index in [4.69, 9.17) is 0 Å². The number of carbonyl (C=O) groups is 1. The Morgan fingerprint density at radius 2 is 2.04 bits per heavy atom. The molecule has 1 saturated heterocycles. The van der Waals surface area contributed by atoms with Gasteiger partial charge in [0.2, 0.25) is 5.91 Å². The van der Waals surface area contributed by atoms with Crippen LogP contribution in [0.5, 0.6) is 0 Å². The Hall–Kier alpha value is -0.960. The molecular formula is C15H25N3O3S2. The first kappa shape index (κ1) is 18.4. The maximum absolute atomic E-state index is 12.4. The number of rotatable bonds is 7. The number of piperazine rings is 1. The van der Waals surface area contributed by atoms with Gasteiger partial charge in [-0.3, -0.25) is 9.69 Å². The first-order valence-corrected chi connectivity index (χ1v) is 10.3. The molecule has 0 bridgehead atoms. The van der Waals surface area contributed by atoms with Crippen LogP contribution in [0.15, 0.2) is 21.7 Å². The third-order valence-electron chi connectivity index (χ3n) is 3.92. The Balaban J connectivity index is 1.81. The maximum Gasteiger partial charge on any atom is 0.252 e. The van der Waals surface area contributed by atoms with Gasteiger partial charge in [0.15, 0.2) is 0 Å². The molecule has 1 aromatic rings. The average molecular weight is 360 g/mol. The van der Waals surface area contributed by atoms with Crippen LogP contribution in [-0.4, -0.2) is 62.3 Å². The fourth-order valence-electron chi connectivity index (χ4n) is 2.69. The SMILES string of the molecule is CCC[C@H](C)NC(=O)CN1CCN(S(=O)(=O)c2cccs2)CC1. The van der Waals surface area contributed by atoms with Crippen LogP contribution in [0.2, 0.25) is 0 Å². The highest BCUT2D eigenvalue weighted by Gasteiger charge is 2.29. The van der Waals surface area contributed by atoms with E-state index in [9.17, 15) is 13.2 Å². The summed E-state index contributed by atoms with van der Waals surface area (Å²) in [7, 11) is -3.37. The summed E-state index contributed by atoms with van der Waals surface area (Å²) in [6.07, 6.45) is 2.01. The van der Waals surface area contributed by atoms with Gasteiger partial charge in [0.1, 0.15) is 4.21 Å². The Morgan fingerprint density at radius 1 is 1.35 bits per heavy atom. The number of nitrogens with one attached hydrogen (secondary N) is 1. The molecule has 2 heterocycles. The van der Waals surface area contributed by atoms with Crippen LogP contribution >= 0.6 is 11.3 Å². The van der Waals surface area contributed by atoms with Crippen molar-refractivity contribution in [2.24, 2.45) is 0 Å². The van der Waals surface area contributed by atoms with E-state index in [0.29, 0.717) is 36.9 Å². The Bertz CT molecular complexity index is 593. The van der Waals surface area contributed by atoms with Crippen molar-refractivity contribution >= 4 is 27.3 Å². The molecule has 1 aliphatic rings. The van der Waals surface area contributed by atoms with Crippen molar-refractivity contribution in [3.8, 4) is 0 Å². The first-order chi connectivity index (χ1) is 10.9. The van der Waals surface area contributed by atoms with Crippen molar-refractivity contribution in [3.05, 3.63) is 17.5 Å². The van der Waals surface area contributed by atoms with Gasteiger partial charge < -0.3 is 5.32 Å². The van der Waals surface area contributed by atoms with Crippen molar-refractivity contribution in [3.63, 3.8) is 0 Å². The third-order valence-corrected chi connectivity index (χ3v) is 7.19. The van der Waals surface area contributed by atoms with E-state index in [1.807, 2.05) is 11.8 Å². The second-order valence-corrected chi connectivity index (χ2v) is 8.98. The highest BCUT2D eigenvalue weighted by molar-refractivity contribution is 7.91. The fourth-order valence-corrected chi connectivity index (χ4v) is 5.26. The second-order valence-electron chi connectivity index (χ2n) is 5.87. The van der Waals surface area contributed by atoms with E-state index in [1.54, 1.807) is 17.5 Å². The van der Waals surface area contributed by atoms with Crippen LogP contribution in [0.3, 0.4) is 0 Å². The molecule has 6 nitrogen and oxygen atoms in total. The van der Waals surface area contributed by atoms with Crippen LogP contribution in [0, 0.1) is 0 Å². The molecule has 1 aromatic heterocycles. The van der Waals surface area contributed by atoms with Crippen LogP contribution in [0.25, 0.3) is 0 Å². The summed E-state index contributed by atoms with van der Waals surface area (Å²) in [5, 5.41) is 4.75. The maximum atomic E-state index is 12.4. The standard InChI is InChI=1S/C15H25N3O3S2/c1-3-5-13(2)16-14(19)12-17-7-9-18(10-8-17)23(20,21)15-6-4-11-22-15/h4,6,11,13H,3,5,7-10,12H2,1-2H3,(H,16,19)/t13-/m0/s1. The largest absolute Gasteiger partial charge is 0.353 e. The van der Waals surface area contributed by atoms with Gasteiger partial charge in [-0.05, 0) is 24.8 Å². The molecule has 0 aromatic carbocycles. The monoisotopic (exact) mass is 359 g/mol. The molecule has 2 rings (SSSR count). The molecule has 0 aliphatic carbocycles. The van der Waals surface area contributed by atoms with Crippen LogP contribution < -0.4 is 5.32 Å². The van der Waals surface area contributed by atoms with Crippen LogP contribution in [0.1, 0.15) is 26.7 Å². The summed E-state index contributed by atoms with van der Waals surface area (Å²) in [5.74, 6) is 0.0144. The van der Waals surface area contributed by atoms with Crippen molar-refractivity contribution < 1.29 is 13.2 Å².